The van der Waals surface area contributed by atoms with Crippen LogP contribution in [0.5, 0.6) is 0 Å². The molecule has 1 rings (SSSR count). The number of nitrogens with zero attached hydrogens (tertiary/aromatic N) is 1. The minimum Gasteiger partial charge on any atom is -0.344 e. The van der Waals surface area contributed by atoms with Crippen molar-refractivity contribution in [3.63, 3.8) is 0 Å². The number of hydrogen-bond acceptors (Lipinski definition) is 2. The van der Waals surface area contributed by atoms with E-state index >= 15 is 0 Å². The predicted molar refractivity (Wildman–Crippen MR) is 62.7 cm³/mol. The molecule has 3 nitrogen and oxygen atoms in total. The Morgan fingerprint density at radius 2 is 2.20 bits per heavy atom. The highest BCUT2D eigenvalue weighted by Gasteiger charge is 2.27. The van der Waals surface area contributed by atoms with E-state index in [0.29, 0.717) is 0 Å². The Morgan fingerprint density at radius 1 is 1.47 bits per heavy atom. The molecule has 15 heavy (non-hydrogen) atoms. The third-order valence-electron chi connectivity index (χ3n) is 3.03. The van der Waals surface area contributed by atoms with Gasteiger partial charge < -0.3 is 10.2 Å². The summed E-state index contributed by atoms with van der Waals surface area (Å²) in [4.78, 5) is 13.4. The van der Waals surface area contributed by atoms with E-state index in [2.05, 4.69) is 19.2 Å². The second kappa shape index (κ2) is 6.11. The first-order valence-corrected chi connectivity index (χ1v) is 6.09. The summed E-state index contributed by atoms with van der Waals surface area (Å²) < 4.78 is 0. The number of unbranched alkanes of at least 4 members (excludes halogenated alkanes) is 1. The molecular formula is C12H24N2O. The van der Waals surface area contributed by atoms with Gasteiger partial charge in [-0.3, -0.25) is 4.79 Å². The number of carbonyl (C=O) groups excluding carboxylic acids is 1. The molecule has 0 aromatic rings. The van der Waals surface area contributed by atoms with Crippen LogP contribution in [0.4, 0.5) is 0 Å². The van der Waals surface area contributed by atoms with Crippen molar-refractivity contribution in [1.29, 1.82) is 0 Å². The molecule has 1 unspecified atom stereocenters. The molecule has 1 atom stereocenters. The molecule has 0 aromatic heterocycles. The highest BCUT2D eigenvalue weighted by atomic mass is 16.2. The van der Waals surface area contributed by atoms with Crippen LogP contribution in [0.1, 0.15) is 39.5 Å². The predicted octanol–water partition coefficient (Wildman–Crippen LogP) is 1.63. The summed E-state index contributed by atoms with van der Waals surface area (Å²) in [6.45, 7) is 6.39. The molecule has 1 fully saturated rings. The Bertz CT molecular complexity index is 204. The molecule has 1 N–H and O–H groups in total. The normalized spacial score (nSPS) is 21.7. The zero-order valence-corrected chi connectivity index (χ0v) is 10.3. The zero-order chi connectivity index (χ0) is 11.3. The highest BCUT2D eigenvalue weighted by molar-refractivity contribution is 5.83. The molecule has 1 aliphatic rings. The van der Waals surface area contributed by atoms with E-state index in [0.717, 1.165) is 25.4 Å². The summed E-state index contributed by atoms with van der Waals surface area (Å²) in [7, 11) is 1.88. The van der Waals surface area contributed by atoms with Gasteiger partial charge >= 0.3 is 0 Å². The van der Waals surface area contributed by atoms with Crippen molar-refractivity contribution in [3.8, 4) is 0 Å². The van der Waals surface area contributed by atoms with Crippen molar-refractivity contribution in [1.82, 2.24) is 10.2 Å². The number of rotatable bonds is 6. The molecule has 88 valence electrons. The number of likely N-dealkylation sites (N-methyl/N-ethyl adjacent to an activating group) is 1. The van der Waals surface area contributed by atoms with Crippen molar-refractivity contribution in [2.24, 2.45) is 5.92 Å². The summed E-state index contributed by atoms with van der Waals surface area (Å²) >= 11 is 0. The second-order valence-corrected chi connectivity index (χ2v) is 4.94. The number of hydrogen-bond donors (Lipinski definition) is 1. The van der Waals surface area contributed by atoms with E-state index in [1.54, 1.807) is 0 Å². The van der Waals surface area contributed by atoms with E-state index in [1.807, 2.05) is 11.9 Å². The van der Waals surface area contributed by atoms with E-state index in [9.17, 15) is 4.79 Å². The lowest BCUT2D eigenvalue weighted by Gasteiger charge is -2.12. The van der Waals surface area contributed by atoms with E-state index in [-0.39, 0.29) is 11.9 Å². The molecule has 0 radical (unpaired) electrons. The Morgan fingerprint density at radius 3 is 2.73 bits per heavy atom. The van der Waals surface area contributed by atoms with Crippen LogP contribution < -0.4 is 5.32 Å². The topological polar surface area (TPSA) is 32.3 Å². The molecule has 3 heteroatoms. The minimum absolute atomic E-state index is 0.0917. The third kappa shape index (κ3) is 4.20. The Kier molecular flexibility index (Phi) is 5.09. The monoisotopic (exact) mass is 212 g/mol. The maximum absolute atomic E-state index is 11.5. The summed E-state index contributed by atoms with van der Waals surface area (Å²) in [5.41, 5.74) is 0. The van der Waals surface area contributed by atoms with Crippen LogP contribution in [0.15, 0.2) is 0 Å². The number of nitrogens with one attached hydrogen (secondary N) is 1. The smallest absolute Gasteiger partial charge is 0.239 e. The number of amides is 1. The van der Waals surface area contributed by atoms with Crippen molar-refractivity contribution in [2.45, 2.75) is 45.6 Å². The third-order valence-corrected chi connectivity index (χ3v) is 3.03. The van der Waals surface area contributed by atoms with Crippen LogP contribution >= 0.6 is 0 Å². The average Bonchev–Trinajstić information content (AvgIpc) is 2.48. The van der Waals surface area contributed by atoms with Gasteiger partial charge in [0.15, 0.2) is 0 Å². The van der Waals surface area contributed by atoms with Crippen LogP contribution in [0, 0.1) is 5.92 Å². The fourth-order valence-corrected chi connectivity index (χ4v) is 1.97. The fourth-order valence-electron chi connectivity index (χ4n) is 1.97. The maximum atomic E-state index is 11.5. The molecule has 0 aromatic carbocycles. The molecular weight excluding hydrogens is 188 g/mol. The molecule has 0 aliphatic carbocycles. The first kappa shape index (κ1) is 12.5. The standard InChI is InChI=1S/C12H24N2O/c1-10(2)6-4-5-8-13-11-7-9-14(3)12(11)15/h10-11,13H,4-9H2,1-3H3. The van der Waals surface area contributed by atoms with Gasteiger partial charge in [0.05, 0.1) is 6.04 Å². The first-order valence-electron chi connectivity index (χ1n) is 6.09. The molecule has 1 heterocycles. The van der Waals surface area contributed by atoms with Crippen LogP contribution in [0.25, 0.3) is 0 Å². The molecule has 0 saturated carbocycles. The zero-order valence-electron chi connectivity index (χ0n) is 10.3. The summed E-state index contributed by atoms with van der Waals surface area (Å²) in [6, 6.07) is 0.0917. The molecule has 1 amide bonds. The van der Waals surface area contributed by atoms with Crippen LogP contribution in [0.2, 0.25) is 0 Å². The first-order chi connectivity index (χ1) is 7.11. The molecule has 0 spiro atoms. The van der Waals surface area contributed by atoms with Gasteiger partial charge in [0.1, 0.15) is 0 Å². The molecule has 1 aliphatic heterocycles. The van der Waals surface area contributed by atoms with E-state index in [4.69, 9.17) is 0 Å². The minimum atomic E-state index is 0.0917. The highest BCUT2D eigenvalue weighted by Crippen LogP contribution is 2.09. The summed E-state index contributed by atoms with van der Waals surface area (Å²) in [5.74, 6) is 1.06. The van der Waals surface area contributed by atoms with Crippen LogP contribution in [0.3, 0.4) is 0 Å². The van der Waals surface area contributed by atoms with Gasteiger partial charge in [-0.15, -0.1) is 0 Å². The summed E-state index contributed by atoms with van der Waals surface area (Å²) in [6.07, 6.45) is 4.72. The van der Waals surface area contributed by atoms with Crippen molar-refractivity contribution < 1.29 is 4.79 Å². The van der Waals surface area contributed by atoms with Crippen molar-refractivity contribution in [3.05, 3.63) is 0 Å². The fraction of sp³-hybridized carbons (Fsp3) is 0.917. The number of likely N-dealkylation sites (tertiary alicyclic amines) is 1. The molecule has 0 bridgehead atoms. The van der Waals surface area contributed by atoms with Gasteiger partial charge in [-0.2, -0.15) is 0 Å². The number of carbonyl (C=O) groups is 1. The summed E-state index contributed by atoms with van der Waals surface area (Å²) in [5, 5.41) is 3.34. The Balaban J connectivity index is 2.03. The lowest BCUT2D eigenvalue weighted by Crippen LogP contribution is -2.37. The van der Waals surface area contributed by atoms with Gasteiger partial charge in [0.25, 0.3) is 0 Å². The lowest BCUT2D eigenvalue weighted by molar-refractivity contribution is -0.128. The quantitative estimate of drug-likeness (QED) is 0.679. The van der Waals surface area contributed by atoms with E-state index < -0.39 is 0 Å². The Hall–Kier alpha value is -0.570. The lowest BCUT2D eigenvalue weighted by atomic mass is 10.1. The van der Waals surface area contributed by atoms with E-state index in [1.165, 1.54) is 19.3 Å². The average molecular weight is 212 g/mol. The van der Waals surface area contributed by atoms with Gasteiger partial charge in [0.2, 0.25) is 5.91 Å². The van der Waals surface area contributed by atoms with Gasteiger partial charge in [-0.05, 0) is 25.3 Å². The van der Waals surface area contributed by atoms with Crippen molar-refractivity contribution in [2.75, 3.05) is 20.1 Å². The van der Waals surface area contributed by atoms with Crippen LogP contribution in [-0.2, 0) is 4.79 Å². The second-order valence-electron chi connectivity index (χ2n) is 4.94. The SMILES string of the molecule is CC(C)CCCCNC1CCN(C)C1=O. The van der Waals surface area contributed by atoms with Crippen molar-refractivity contribution >= 4 is 5.91 Å². The van der Waals surface area contributed by atoms with Gasteiger partial charge in [-0.1, -0.05) is 26.7 Å². The molecule has 1 saturated heterocycles. The van der Waals surface area contributed by atoms with Crippen LogP contribution in [-0.4, -0.2) is 37.0 Å². The maximum Gasteiger partial charge on any atom is 0.239 e. The Labute approximate surface area is 93.2 Å². The van der Waals surface area contributed by atoms with Gasteiger partial charge in [-0.25, -0.2) is 0 Å². The largest absolute Gasteiger partial charge is 0.344 e. The van der Waals surface area contributed by atoms with Gasteiger partial charge in [0, 0.05) is 13.6 Å².